The van der Waals surface area contributed by atoms with Crippen molar-refractivity contribution in [2.75, 3.05) is 13.1 Å². The number of nitrogens with one attached hydrogen (secondary N) is 1. The van der Waals surface area contributed by atoms with Gasteiger partial charge in [-0.3, -0.25) is 9.59 Å². The molecule has 0 aliphatic carbocycles. The molecule has 2 heterocycles. The number of sulfonamides is 1. The first-order valence-electron chi connectivity index (χ1n) is 11.1. The van der Waals surface area contributed by atoms with Crippen LogP contribution >= 0.6 is 34.8 Å². The van der Waals surface area contributed by atoms with Crippen molar-refractivity contribution >= 4 is 56.6 Å². The molecule has 1 fully saturated rings. The van der Waals surface area contributed by atoms with Gasteiger partial charge in [-0.2, -0.15) is 4.31 Å². The van der Waals surface area contributed by atoms with E-state index in [2.05, 4.69) is 10.3 Å². The highest BCUT2D eigenvalue weighted by atomic mass is 35.5. The van der Waals surface area contributed by atoms with Crippen LogP contribution in [-0.4, -0.2) is 53.7 Å². The predicted octanol–water partition coefficient (Wildman–Crippen LogP) is 3.29. The van der Waals surface area contributed by atoms with Gasteiger partial charge in [-0.25, -0.2) is 13.4 Å². The first-order valence-corrected chi connectivity index (χ1v) is 13.6. The van der Waals surface area contributed by atoms with E-state index in [1.165, 1.54) is 41.4 Å². The van der Waals surface area contributed by atoms with Crippen LogP contribution in [0.25, 0.3) is 0 Å². The minimum absolute atomic E-state index is 0.0250. The number of aromatic nitrogens is 1. The highest BCUT2D eigenvalue weighted by molar-refractivity contribution is 7.89. The maximum absolute atomic E-state index is 13.6. The molecular formula is C24H22Cl3N5O4S. The van der Waals surface area contributed by atoms with Crippen LogP contribution in [0.4, 0.5) is 0 Å². The van der Waals surface area contributed by atoms with Gasteiger partial charge in [0.1, 0.15) is 5.15 Å². The van der Waals surface area contributed by atoms with Crippen molar-refractivity contribution in [1.29, 1.82) is 0 Å². The summed E-state index contributed by atoms with van der Waals surface area (Å²) >= 11 is 17.8. The fourth-order valence-corrected chi connectivity index (χ4v) is 5.98. The van der Waals surface area contributed by atoms with E-state index in [0.717, 1.165) is 15.4 Å². The number of halogens is 3. The van der Waals surface area contributed by atoms with Crippen LogP contribution < -0.4 is 11.1 Å². The Bertz CT molecular complexity index is 1440. The van der Waals surface area contributed by atoms with Gasteiger partial charge in [0.05, 0.1) is 20.5 Å². The van der Waals surface area contributed by atoms with Crippen molar-refractivity contribution in [3.05, 3.63) is 92.7 Å². The van der Waals surface area contributed by atoms with Crippen LogP contribution in [0.15, 0.2) is 65.7 Å². The van der Waals surface area contributed by atoms with Gasteiger partial charge in [-0.1, -0.05) is 59.1 Å². The van der Waals surface area contributed by atoms with Crippen LogP contribution in [-0.2, 0) is 27.9 Å². The molecule has 37 heavy (non-hydrogen) atoms. The zero-order chi connectivity index (χ0) is 26.7. The third kappa shape index (κ3) is 5.90. The first kappa shape index (κ1) is 27.3. The summed E-state index contributed by atoms with van der Waals surface area (Å²) in [6.07, 6.45) is -0.186. The zero-order valence-corrected chi connectivity index (χ0v) is 22.4. The van der Waals surface area contributed by atoms with Crippen LogP contribution in [0.5, 0.6) is 0 Å². The van der Waals surface area contributed by atoms with Crippen molar-refractivity contribution in [2.45, 2.75) is 24.2 Å². The summed E-state index contributed by atoms with van der Waals surface area (Å²) in [5.41, 5.74) is 7.50. The van der Waals surface area contributed by atoms with Crippen molar-refractivity contribution in [3.63, 3.8) is 0 Å². The predicted molar refractivity (Wildman–Crippen MR) is 141 cm³/mol. The second kappa shape index (κ2) is 11.3. The second-order valence-corrected chi connectivity index (χ2v) is 11.3. The van der Waals surface area contributed by atoms with Crippen molar-refractivity contribution in [3.8, 4) is 0 Å². The molecule has 0 saturated carbocycles. The molecule has 1 unspecified atom stereocenters. The molecule has 9 nitrogen and oxygen atoms in total. The van der Waals surface area contributed by atoms with E-state index in [9.17, 15) is 18.0 Å². The molecule has 0 bridgehead atoms. The average molecular weight is 583 g/mol. The van der Waals surface area contributed by atoms with Crippen LogP contribution in [0.2, 0.25) is 15.2 Å². The maximum Gasteiger partial charge on any atom is 0.259 e. The van der Waals surface area contributed by atoms with Gasteiger partial charge in [0.25, 0.3) is 11.8 Å². The normalized spacial score (nSPS) is 16.1. The molecule has 3 aromatic rings. The Balaban J connectivity index is 1.66. The maximum atomic E-state index is 13.6. The minimum atomic E-state index is -4.24. The third-order valence-electron chi connectivity index (χ3n) is 5.79. The van der Waals surface area contributed by atoms with Gasteiger partial charge in [0.15, 0.2) is 6.17 Å². The van der Waals surface area contributed by atoms with E-state index in [-0.39, 0.29) is 45.3 Å². The highest BCUT2D eigenvalue weighted by Crippen LogP contribution is 2.30. The van der Waals surface area contributed by atoms with Gasteiger partial charge in [-0.05, 0) is 41.5 Å². The molecule has 13 heteroatoms. The summed E-state index contributed by atoms with van der Waals surface area (Å²) < 4.78 is 28.1. The Labute approximate surface area is 229 Å². The molecule has 194 valence electrons. The lowest BCUT2D eigenvalue weighted by Crippen LogP contribution is -2.53. The quantitative estimate of drug-likeness (QED) is 0.412. The summed E-state index contributed by atoms with van der Waals surface area (Å²) in [6.45, 7) is 0.296. The second-order valence-electron chi connectivity index (χ2n) is 8.18. The molecule has 0 radical (unpaired) electrons. The summed E-state index contributed by atoms with van der Waals surface area (Å²) in [6, 6.07) is 14.1. The monoisotopic (exact) mass is 581 g/mol. The Morgan fingerprint density at radius 2 is 1.76 bits per heavy atom. The molecule has 1 saturated heterocycles. The number of hydrogen-bond acceptors (Lipinski definition) is 6. The molecule has 1 aliphatic heterocycles. The van der Waals surface area contributed by atoms with Crippen molar-refractivity contribution < 1.29 is 18.0 Å². The van der Waals surface area contributed by atoms with Crippen LogP contribution in [0, 0.1) is 0 Å². The number of nitrogens with zero attached hydrogens (tertiary/aromatic N) is 3. The van der Waals surface area contributed by atoms with E-state index in [4.69, 9.17) is 40.5 Å². The number of benzene rings is 2. The minimum Gasteiger partial charge on any atom is -0.349 e. The Hall–Kier alpha value is -2.73. The third-order valence-corrected chi connectivity index (χ3v) is 8.60. The molecule has 3 N–H and O–H groups in total. The highest BCUT2D eigenvalue weighted by Gasteiger charge is 2.46. The summed E-state index contributed by atoms with van der Waals surface area (Å²) in [5.74, 6) is -1.24. The van der Waals surface area contributed by atoms with E-state index in [0.29, 0.717) is 6.54 Å². The molecule has 4 rings (SSSR count). The van der Waals surface area contributed by atoms with E-state index >= 15 is 0 Å². The number of amides is 2. The number of carbonyl (C=O) groups excluding carboxylic acids is 2. The molecule has 1 aromatic heterocycles. The smallest absolute Gasteiger partial charge is 0.259 e. The van der Waals surface area contributed by atoms with Gasteiger partial charge >= 0.3 is 0 Å². The summed E-state index contributed by atoms with van der Waals surface area (Å²) in [5, 5.41) is 3.17. The van der Waals surface area contributed by atoms with Crippen molar-refractivity contribution in [2.24, 2.45) is 5.73 Å². The summed E-state index contributed by atoms with van der Waals surface area (Å²) in [7, 11) is -4.24. The molecule has 0 spiro atoms. The fourth-order valence-electron chi connectivity index (χ4n) is 3.93. The number of hydrogen-bond donors (Lipinski definition) is 2. The van der Waals surface area contributed by atoms with Crippen LogP contribution in [0.3, 0.4) is 0 Å². The topological polar surface area (TPSA) is 126 Å². The molecule has 2 amide bonds. The Morgan fingerprint density at radius 1 is 1.00 bits per heavy atom. The largest absolute Gasteiger partial charge is 0.349 e. The standard InChI is InChI=1S/C24H22Cl3N5O4S/c25-19-6-5-18(11-20(19)26)37(35,36)32-9-8-31(24(34)17-4-7-21(27)29-14-17)23(32)22(33)30-13-16-3-1-2-15(10-16)12-28/h1-7,10-11,14,23H,8-9,12-13,28H2,(H,30,33). The first-order chi connectivity index (χ1) is 17.6. The van der Waals surface area contributed by atoms with E-state index in [1.54, 1.807) is 6.07 Å². The van der Waals surface area contributed by atoms with Gasteiger partial charge in [0, 0.05) is 32.4 Å². The molecular weight excluding hydrogens is 561 g/mol. The lowest BCUT2D eigenvalue weighted by atomic mass is 10.1. The molecule has 1 atom stereocenters. The molecule has 1 aliphatic rings. The number of pyridine rings is 1. The van der Waals surface area contributed by atoms with Gasteiger partial charge in [0.2, 0.25) is 10.0 Å². The van der Waals surface area contributed by atoms with E-state index < -0.39 is 28.0 Å². The lowest BCUT2D eigenvalue weighted by Gasteiger charge is -2.29. The average Bonchev–Trinajstić information content (AvgIpc) is 3.35. The van der Waals surface area contributed by atoms with Gasteiger partial charge in [-0.15, -0.1) is 0 Å². The van der Waals surface area contributed by atoms with Crippen molar-refractivity contribution in [1.82, 2.24) is 19.5 Å². The fraction of sp³-hybridized carbons (Fsp3) is 0.208. The zero-order valence-electron chi connectivity index (χ0n) is 19.3. The SMILES string of the molecule is NCc1cccc(CNC(=O)C2N(C(=O)c3ccc(Cl)nc3)CCN2S(=O)(=O)c2ccc(Cl)c(Cl)c2)c1. The van der Waals surface area contributed by atoms with E-state index in [1.807, 2.05) is 18.2 Å². The Kier molecular flexibility index (Phi) is 8.37. The summed E-state index contributed by atoms with van der Waals surface area (Å²) in [4.78, 5) is 31.7. The van der Waals surface area contributed by atoms with Gasteiger partial charge < -0.3 is 16.0 Å². The van der Waals surface area contributed by atoms with Crippen LogP contribution in [0.1, 0.15) is 21.5 Å². The number of carbonyl (C=O) groups is 2. The number of rotatable bonds is 7. The number of nitrogens with two attached hydrogens (primary N) is 1. The molecule has 2 aromatic carbocycles. The Morgan fingerprint density at radius 3 is 2.43 bits per heavy atom. The lowest BCUT2D eigenvalue weighted by molar-refractivity contribution is -0.127.